The first-order valence-electron chi connectivity index (χ1n) is 4.82. The summed E-state index contributed by atoms with van der Waals surface area (Å²) in [6, 6.07) is 5.05. The molecule has 0 saturated heterocycles. The standard InChI is InChI=1S/C11H13F3O2/c1-8(2)15-7-16-10-6-4-3-5-9(10)11(12,13)14/h3-6,8H,7H2,1-2H3. The van der Waals surface area contributed by atoms with Crippen molar-refractivity contribution < 1.29 is 22.6 Å². The molecular formula is C11H13F3O2. The number of hydrogen-bond acceptors (Lipinski definition) is 2. The second kappa shape index (κ2) is 5.21. The van der Waals surface area contributed by atoms with E-state index in [9.17, 15) is 13.2 Å². The summed E-state index contributed by atoms with van der Waals surface area (Å²) in [4.78, 5) is 0. The molecule has 1 aromatic carbocycles. The Labute approximate surface area is 92.0 Å². The molecule has 16 heavy (non-hydrogen) atoms. The van der Waals surface area contributed by atoms with Gasteiger partial charge in [0.1, 0.15) is 5.75 Å². The third-order valence-electron chi connectivity index (χ3n) is 1.81. The Hall–Kier alpha value is -1.23. The molecule has 0 atom stereocenters. The summed E-state index contributed by atoms with van der Waals surface area (Å²) in [5, 5.41) is 0. The summed E-state index contributed by atoms with van der Waals surface area (Å²) in [5.41, 5.74) is -0.789. The van der Waals surface area contributed by atoms with E-state index in [1.54, 1.807) is 13.8 Å². The van der Waals surface area contributed by atoms with Gasteiger partial charge in [-0.3, -0.25) is 0 Å². The molecule has 90 valence electrons. The van der Waals surface area contributed by atoms with Crippen LogP contribution in [0, 0.1) is 0 Å². The summed E-state index contributed by atoms with van der Waals surface area (Å²) in [6.45, 7) is 3.36. The van der Waals surface area contributed by atoms with Gasteiger partial charge in [-0.2, -0.15) is 13.2 Å². The van der Waals surface area contributed by atoms with Gasteiger partial charge in [-0.05, 0) is 26.0 Å². The van der Waals surface area contributed by atoms with Crippen molar-refractivity contribution in [2.45, 2.75) is 26.1 Å². The molecule has 0 aliphatic carbocycles. The minimum absolute atomic E-state index is 0.0851. The van der Waals surface area contributed by atoms with E-state index in [4.69, 9.17) is 9.47 Å². The predicted octanol–water partition coefficient (Wildman–Crippen LogP) is 3.47. The van der Waals surface area contributed by atoms with Gasteiger partial charge in [0, 0.05) is 0 Å². The summed E-state index contributed by atoms with van der Waals surface area (Å²) in [5.74, 6) is -0.212. The van der Waals surface area contributed by atoms with Gasteiger partial charge in [0.25, 0.3) is 0 Å². The van der Waals surface area contributed by atoms with Crippen molar-refractivity contribution in [1.82, 2.24) is 0 Å². The zero-order valence-corrected chi connectivity index (χ0v) is 9.04. The molecule has 0 bridgehead atoms. The fourth-order valence-corrected chi connectivity index (χ4v) is 1.06. The average Bonchev–Trinajstić information content (AvgIpc) is 2.16. The molecule has 0 radical (unpaired) electrons. The summed E-state index contributed by atoms with van der Waals surface area (Å²) < 4.78 is 47.5. The first-order chi connectivity index (χ1) is 7.41. The van der Waals surface area contributed by atoms with Crippen molar-refractivity contribution in [2.24, 2.45) is 0 Å². The molecule has 0 amide bonds. The Bertz CT molecular complexity index is 334. The monoisotopic (exact) mass is 234 g/mol. The van der Waals surface area contributed by atoms with Gasteiger partial charge < -0.3 is 9.47 Å². The first kappa shape index (κ1) is 12.8. The SMILES string of the molecule is CC(C)OCOc1ccccc1C(F)(F)F. The second-order valence-electron chi connectivity index (χ2n) is 3.47. The van der Waals surface area contributed by atoms with Crippen LogP contribution in [0.15, 0.2) is 24.3 Å². The third kappa shape index (κ3) is 3.73. The molecule has 0 aliphatic heterocycles. The molecule has 0 aromatic heterocycles. The van der Waals surface area contributed by atoms with Crippen molar-refractivity contribution in [3.8, 4) is 5.75 Å². The average molecular weight is 234 g/mol. The maximum absolute atomic E-state index is 12.5. The van der Waals surface area contributed by atoms with Crippen molar-refractivity contribution in [1.29, 1.82) is 0 Å². The highest BCUT2D eigenvalue weighted by molar-refractivity contribution is 5.35. The number of hydrogen-bond donors (Lipinski definition) is 0. The lowest BCUT2D eigenvalue weighted by Gasteiger charge is -2.14. The van der Waals surface area contributed by atoms with E-state index < -0.39 is 11.7 Å². The Kier molecular flexibility index (Phi) is 4.18. The van der Waals surface area contributed by atoms with Gasteiger partial charge >= 0.3 is 6.18 Å². The fraction of sp³-hybridized carbons (Fsp3) is 0.455. The van der Waals surface area contributed by atoms with Crippen LogP contribution in [0.4, 0.5) is 13.2 Å². The van der Waals surface area contributed by atoms with Crippen LogP contribution >= 0.6 is 0 Å². The smallest absolute Gasteiger partial charge is 0.419 e. The van der Waals surface area contributed by atoms with E-state index in [0.29, 0.717) is 0 Å². The Balaban J connectivity index is 2.72. The molecule has 0 fully saturated rings. The van der Waals surface area contributed by atoms with Crippen LogP contribution in [-0.2, 0) is 10.9 Å². The first-order valence-corrected chi connectivity index (χ1v) is 4.82. The number of alkyl halides is 3. The van der Waals surface area contributed by atoms with E-state index in [-0.39, 0.29) is 18.6 Å². The second-order valence-corrected chi connectivity index (χ2v) is 3.47. The lowest BCUT2D eigenvalue weighted by molar-refractivity contribution is -0.140. The molecule has 0 heterocycles. The molecule has 0 saturated carbocycles. The van der Waals surface area contributed by atoms with Crippen LogP contribution in [0.5, 0.6) is 5.75 Å². The van der Waals surface area contributed by atoms with Crippen LogP contribution in [0.25, 0.3) is 0 Å². The molecule has 0 spiro atoms. The van der Waals surface area contributed by atoms with E-state index in [2.05, 4.69) is 0 Å². The van der Waals surface area contributed by atoms with E-state index in [0.717, 1.165) is 6.07 Å². The van der Waals surface area contributed by atoms with Gasteiger partial charge in [-0.1, -0.05) is 12.1 Å². The van der Waals surface area contributed by atoms with Gasteiger partial charge in [0.15, 0.2) is 6.79 Å². The van der Waals surface area contributed by atoms with E-state index >= 15 is 0 Å². The molecule has 0 N–H and O–H groups in total. The molecule has 2 nitrogen and oxygen atoms in total. The lowest BCUT2D eigenvalue weighted by Crippen LogP contribution is -2.13. The third-order valence-corrected chi connectivity index (χ3v) is 1.81. The number of para-hydroxylation sites is 1. The number of halogens is 3. The van der Waals surface area contributed by atoms with E-state index in [1.807, 2.05) is 0 Å². The largest absolute Gasteiger partial charge is 0.467 e. The Morgan fingerprint density at radius 1 is 1.19 bits per heavy atom. The van der Waals surface area contributed by atoms with Crippen LogP contribution in [0.2, 0.25) is 0 Å². The summed E-state index contributed by atoms with van der Waals surface area (Å²) in [7, 11) is 0. The van der Waals surface area contributed by atoms with Gasteiger partial charge in [-0.25, -0.2) is 0 Å². The normalized spacial score (nSPS) is 11.9. The minimum Gasteiger partial charge on any atom is -0.467 e. The predicted molar refractivity (Wildman–Crippen MR) is 53.2 cm³/mol. The molecule has 1 aromatic rings. The van der Waals surface area contributed by atoms with Crippen molar-refractivity contribution in [3.63, 3.8) is 0 Å². The Morgan fingerprint density at radius 2 is 1.81 bits per heavy atom. The summed E-state index contributed by atoms with van der Waals surface area (Å²) >= 11 is 0. The lowest BCUT2D eigenvalue weighted by atomic mass is 10.2. The van der Waals surface area contributed by atoms with Gasteiger partial charge in [0.2, 0.25) is 0 Å². The summed E-state index contributed by atoms with van der Waals surface area (Å²) in [6.07, 6.45) is -4.49. The number of benzene rings is 1. The molecule has 0 unspecified atom stereocenters. The maximum Gasteiger partial charge on any atom is 0.419 e. The van der Waals surface area contributed by atoms with Crippen molar-refractivity contribution in [3.05, 3.63) is 29.8 Å². The molecule has 1 rings (SSSR count). The zero-order valence-electron chi connectivity index (χ0n) is 9.04. The van der Waals surface area contributed by atoms with E-state index in [1.165, 1.54) is 18.2 Å². The highest BCUT2D eigenvalue weighted by Crippen LogP contribution is 2.35. The molecular weight excluding hydrogens is 221 g/mol. The Morgan fingerprint density at radius 3 is 2.38 bits per heavy atom. The van der Waals surface area contributed by atoms with Crippen LogP contribution in [0.3, 0.4) is 0 Å². The molecule has 5 heteroatoms. The topological polar surface area (TPSA) is 18.5 Å². The molecule has 0 aliphatic rings. The zero-order chi connectivity index (χ0) is 12.2. The number of rotatable bonds is 4. The number of ether oxygens (including phenoxy) is 2. The highest BCUT2D eigenvalue weighted by atomic mass is 19.4. The highest BCUT2D eigenvalue weighted by Gasteiger charge is 2.33. The van der Waals surface area contributed by atoms with Crippen molar-refractivity contribution in [2.75, 3.05) is 6.79 Å². The van der Waals surface area contributed by atoms with Crippen LogP contribution < -0.4 is 4.74 Å². The van der Waals surface area contributed by atoms with Crippen LogP contribution in [0.1, 0.15) is 19.4 Å². The van der Waals surface area contributed by atoms with Gasteiger partial charge in [0.05, 0.1) is 11.7 Å². The minimum atomic E-state index is -4.41. The fourth-order valence-electron chi connectivity index (χ4n) is 1.06. The van der Waals surface area contributed by atoms with Crippen LogP contribution in [-0.4, -0.2) is 12.9 Å². The maximum atomic E-state index is 12.5. The van der Waals surface area contributed by atoms with Crippen molar-refractivity contribution >= 4 is 0 Å². The van der Waals surface area contributed by atoms with Gasteiger partial charge in [-0.15, -0.1) is 0 Å². The quantitative estimate of drug-likeness (QED) is 0.743.